The fourth-order valence-electron chi connectivity index (χ4n) is 3.32. The van der Waals surface area contributed by atoms with Crippen LogP contribution in [0.15, 0.2) is 38.6 Å². The number of carboxylic acids is 1. The maximum atomic E-state index is 13.0. The summed E-state index contributed by atoms with van der Waals surface area (Å²) in [5.74, 6) is -0.925. The molecule has 1 unspecified atom stereocenters. The topological polar surface area (TPSA) is 107 Å². The van der Waals surface area contributed by atoms with Gasteiger partial charge in [0, 0.05) is 17.7 Å². The van der Waals surface area contributed by atoms with Crippen LogP contribution in [-0.2, 0) is 11.2 Å². The molecule has 2 heterocycles. The van der Waals surface area contributed by atoms with E-state index >= 15 is 0 Å². The molecule has 0 spiro atoms. The van der Waals surface area contributed by atoms with Gasteiger partial charge in [0.25, 0.3) is 0 Å². The third-order valence-electron chi connectivity index (χ3n) is 4.71. The van der Waals surface area contributed by atoms with E-state index in [1.807, 2.05) is 13.8 Å². The molecule has 0 saturated heterocycles. The van der Waals surface area contributed by atoms with Gasteiger partial charge in [0.1, 0.15) is 10.9 Å². The highest BCUT2D eigenvalue weighted by Crippen LogP contribution is 2.36. The van der Waals surface area contributed by atoms with Crippen molar-refractivity contribution in [3.63, 3.8) is 0 Å². The zero-order valence-corrected chi connectivity index (χ0v) is 18.6. The summed E-state index contributed by atoms with van der Waals surface area (Å²) in [5, 5.41) is 10.1. The monoisotopic (exact) mass is 448 g/mol. The van der Waals surface area contributed by atoms with Crippen molar-refractivity contribution in [1.82, 2.24) is 4.98 Å². The maximum Gasteiger partial charge on any atom is 0.356 e. The van der Waals surface area contributed by atoms with E-state index in [2.05, 4.69) is 4.98 Å². The smallest absolute Gasteiger partial charge is 0.356 e. The van der Waals surface area contributed by atoms with E-state index in [1.165, 1.54) is 6.07 Å². The quantitative estimate of drug-likeness (QED) is 0.438. The molecule has 1 atom stereocenters. The van der Waals surface area contributed by atoms with Crippen molar-refractivity contribution in [3.05, 3.63) is 56.5 Å². The van der Waals surface area contributed by atoms with E-state index in [4.69, 9.17) is 16.0 Å². The fraction of sp³-hybridized carbons (Fsp3) is 0.286. The predicted octanol–water partition coefficient (Wildman–Crippen LogP) is 4.44. The number of rotatable bonds is 6. The number of pyridine rings is 1. The lowest BCUT2D eigenvalue weighted by Crippen LogP contribution is -2.22. The summed E-state index contributed by atoms with van der Waals surface area (Å²) in [6.07, 6.45) is 0. The number of carbonyl (C=O) groups is 1. The lowest BCUT2D eigenvalue weighted by atomic mass is 10.1. The summed E-state index contributed by atoms with van der Waals surface area (Å²) in [4.78, 5) is 30.4. The standard InChI is InChI=1S/C21H21ClN2O5S/c1-5-24(14-7-8-16(22)23-17(14)20(26)27)15-10-11(3)9-13-18(25)12(4)21(29-19(13)15)30(28)6-2/h7-10H,5-6H2,1-4H3,(H,26,27). The van der Waals surface area contributed by atoms with Gasteiger partial charge in [-0.05, 0) is 57.5 Å². The molecule has 0 fully saturated rings. The average Bonchev–Trinajstić information content (AvgIpc) is 2.71. The summed E-state index contributed by atoms with van der Waals surface area (Å²) >= 11 is 4.43. The molecule has 1 N–H and O–H groups in total. The number of benzene rings is 1. The minimum absolute atomic E-state index is 0.0593. The first-order valence-electron chi connectivity index (χ1n) is 9.33. The molecule has 0 aliphatic carbocycles. The Labute approximate surface area is 181 Å². The van der Waals surface area contributed by atoms with E-state index in [0.29, 0.717) is 34.6 Å². The van der Waals surface area contributed by atoms with Crippen LogP contribution in [0.2, 0.25) is 5.15 Å². The van der Waals surface area contributed by atoms with Crippen LogP contribution in [0.25, 0.3) is 11.0 Å². The predicted molar refractivity (Wildman–Crippen MR) is 118 cm³/mol. The van der Waals surface area contributed by atoms with E-state index < -0.39 is 17.1 Å². The number of nitrogens with zero attached hydrogens (tertiary/aromatic N) is 2. The lowest BCUT2D eigenvalue weighted by Gasteiger charge is -2.25. The van der Waals surface area contributed by atoms with Crippen molar-refractivity contribution in [2.45, 2.75) is 32.8 Å². The van der Waals surface area contributed by atoms with Gasteiger partial charge in [-0.15, -0.1) is 0 Å². The van der Waals surface area contributed by atoms with E-state index in [-0.39, 0.29) is 27.0 Å². The molecule has 0 amide bonds. The molecule has 2 aromatic heterocycles. The molecule has 1 aromatic carbocycles. The zero-order chi connectivity index (χ0) is 22.2. The first-order valence-corrected chi connectivity index (χ1v) is 11.0. The largest absolute Gasteiger partial charge is 0.609 e. The third-order valence-corrected chi connectivity index (χ3v) is 6.25. The number of aromatic carboxylic acids is 1. The molecule has 0 radical (unpaired) electrons. The highest BCUT2D eigenvalue weighted by Gasteiger charge is 2.26. The van der Waals surface area contributed by atoms with Gasteiger partial charge in [-0.1, -0.05) is 11.6 Å². The Bertz CT molecular complexity index is 1190. The minimum atomic E-state index is -1.47. The van der Waals surface area contributed by atoms with Crippen LogP contribution in [0.1, 0.15) is 35.5 Å². The summed E-state index contributed by atoms with van der Waals surface area (Å²) in [6.45, 7) is 7.38. The van der Waals surface area contributed by atoms with Gasteiger partial charge in [-0.2, -0.15) is 0 Å². The molecule has 158 valence electrons. The Kier molecular flexibility index (Phi) is 6.40. The van der Waals surface area contributed by atoms with E-state index in [1.54, 1.807) is 36.9 Å². The number of anilines is 2. The zero-order valence-electron chi connectivity index (χ0n) is 17.0. The molecule has 0 aliphatic rings. The number of hydrogen-bond donors (Lipinski definition) is 1. The molecule has 3 aromatic rings. The minimum Gasteiger partial charge on any atom is -0.609 e. The van der Waals surface area contributed by atoms with Crippen molar-refractivity contribution in [2.75, 3.05) is 17.2 Å². The molecule has 30 heavy (non-hydrogen) atoms. The summed E-state index contributed by atoms with van der Waals surface area (Å²) in [6, 6.07) is 6.57. The van der Waals surface area contributed by atoms with Gasteiger partial charge in [0.2, 0.25) is 5.43 Å². The maximum absolute atomic E-state index is 13.0. The second-order valence-electron chi connectivity index (χ2n) is 6.69. The number of halogens is 1. The fourth-order valence-corrected chi connectivity index (χ4v) is 4.34. The van der Waals surface area contributed by atoms with Gasteiger partial charge >= 0.3 is 11.1 Å². The van der Waals surface area contributed by atoms with Crippen LogP contribution in [-0.4, -0.2) is 32.9 Å². The van der Waals surface area contributed by atoms with Crippen molar-refractivity contribution >= 4 is 51.1 Å². The summed E-state index contributed by atoms with van der Waals surface area (Å²) in [7, 11) is 0. The van der Waals surface area contributed by atoms with Gasteiger partial charge in [0.05, 0.1) is 22.3 Å². The molecular formula is C21H21ClN2O5S. The number of aryl methyl sites for hydroxylation is 1. The van der Waals surface area contributed by atoms with Gasteiger partial charge in [0.15, 0.2) is 11.3 Å². The lowest BCUT2D eigenvalue weighted by molar-refractivity contribution is 0.0691. The van der Waals surface area contributed by atoms with Crippen molar-refractivity contribution < 1.29 is 18.9 Å². The average molecular weight is 449 g/mol. The Morgan fingerprint density at radius 3 is 2.57 bits per heavy atom. The second-order valence-corrected chi connectivity index (χ2v) is 8.72. The SMILES string of the molecule is CCN(c1ccc(Cl)nc1C(=O)O)c1cc(C)cc2c(=O)c(C)c([S+]([O-])CC)oc12. The molecule has 7 nitrogen and oxygen atoms in total. The number of fused-ring (bicyclic) bond motifs is 1. The van der Waals surface area contributed by atoms with E-state index in [9.17, 15) is 19.2 Å². The van der Waals surface area contributed by atoms with Gasteiger partial charge in [-0.25, -0.2) is 9.78 Å². The van der Waals surface area contributed by atoms with Gasteiger partial charge in [-0.3, -0.25) is 4.79 Å². The van der Waals surface area contributed by atoms with Crippen LogP contribution < -0.4 is 10.3 Å². The van der Waals surface area contributed by atoms with Crippen molar-refractivity contribution in [2.24, 2.45) is 0 Å². The molecule has 9 heteroatoms. The van der Waals surface area contributed by atoms with Crippen molar-refractivity contribution in [1.29, 1.82) is 0 Å². The highest BCUT2D eigenvalue weighted by molar-refractivity contribution is 7.91. The van der Waals surface area contributed by atoms with Crippen LogP contribution in [0.5, 0.6) is 0 Å². The Morgan fingerprint density at radius 1 is 1.27 bits per heavy atom. The Morgan fingerprint density at radius 2 is 1.97 bits per heavy atom. The normalized spacial score (nSPS) is 12.2. The number of aromatic nitrogens is 1. The van der Waals surface area contributed by atoms with Crippen LogP contribution in [0, 0.1) is 13.8 Å². The summed E-state index contributed by atoms with van der Waals surface area (Å²) in [5.41, 5.74) is 1.68. The molecule has 3 rings (SSSR count). The molecule has 0 aliphatic heterocycles. The first-order chi connectivity index (χ1) is 14.2. The van der Waals surface area contributed by atoms with Crippen LogP contribution >= 0.6 is 11.6 Å². The molecule has 0 bridgehead atoms. The highest BCUT2D eigenvalue weighted by atomic mass is 35.5. The first kappa shape index (κ1) is 22.1. The number of hydrogen-bond acceptors (Lipinski definition) is 6. The van der Waals surface area contributed by atoms with Crippen LogP contribution in [0.4, 0.5) is 11.4 Å². The number of carboxylic acid groups (broad SMARTS) is 1. The molecule has 0 saturated carbocycles. The third kappa shape index (κ3) is 3.90. The second kappa shape index (κ2) is 8.67. The van der Waals surface area contributed by atoms with E-state index in [0.717, 1.165) is 5.56 Å². The van der Waals surface area contributed by atoms with Crippen LogP contribution in [0.3, 0.4) is 0 Å². The summed E-state index contributed by atoms with van der Waals surface area (Å²) < 4.78 is 18.5. The van der Waals surface area contributed by atoms with Crippen molar-refractivity contribution in [3.8, 4) is 0 Å². The van der Waals surface area contributed by atoms with Gasteiger partial charge < -0.3 is 19.0 Å². The molecular weight excluding hydrogens is 428 g/mol. The Hall–Kier alpha value is -2.55. The Balaban J connectivity index is 2.38.